The Morgan fingerprint density at radius 2 is 1.86 bits per heavy atom. The summed E-state index contributed by atoms with van der Waals surface area (Å²) < 4.78 is 1.69. The van der Waals surface area contributed by atoms with Gasteiger partial charge in [-0.05, 0) is 39.0 Å². The van der Waals surface area contributed by atoms with Crippen LogP contribution in [0.2, 0.25) is 0 Å². The fourth-order valence-corrected chi connectivity index (χ4v) is 3.58. The van der Waals surface area contributed by atoms with Gasteiger partial charge in [0, 0.05) is 23.7 Å². The molecule has 1 amide bonds. The maximum atomic E-state index is 12.5. The minimum Gasteiger partial charge on any atom is -0.347 e. The molecule has 0 aliphatic carbocycles. The van der Waals surface area contributed by atoms with Crippen molar-refractivity contribution in [1.82, 2.24) is 30.3 Å². The second-order valence-electron chi connectivity index (χ2n) is 6.35. The highest BCUT2D eigenvalue weighted by atomic mass is 32.2. The van der Waals surface area contributed by atoms with Crippen LogP contribution in [0.4, 0.5) is 0 Å². The molecule has 0 unspecified atom stereocenters. The summed E-state index contributed by atoms with van der Waals surface area (Å²) in [6.45, 7) is 9.88. The summed E-state index contributed by atoms with van der Waals surface area (Å²) in [6.07, 6.45) is 1.63. The van der Waals surface area contributed by atoms with E-state index in [-0.39, 0.29) is 5.91 Å². The van der Waals surface area contributed by atoms with E-state index < -0.39 is 0 Å². The smallest absolute Gasteiger partial charge is 0.274 e. The largest absolute Gasteiger partial charge is 0.347 e. The molecule has 0 fully saturated rings. The quantitative estimate of drug-likeness (QED) is 0.376. The Hall–Kier alpha value is -3.00. The zero-order valence-corrected chi connectivity index (χ0v) is 17.0. The summed E-state index contributed by atoms with van der Waals surface area (Å²) in [5.74, 6) is 0.177. The maximum absolute atomic E-state index is 12.5. The van der Waals surface area contributed by atoms with Gasteiger partial charge in [-0.3, -0.25) is 4.79 Å². The van der Waals surface area contributed by atoms with Crippen LogP contribution >= 0.6 is 11.8 Å². The van der Waals surface area contributed by atoms with E-state index in [0.29, 0.717) is 28.8 Å². The molecule has 1 aromatic carbocycles. The van der Waals surface area contributed by atoms with Gasteiger partial charge >= 0.3 is 0 Å². The average molecular weight is 395 g/mol. The highest BCUT2D eigenvalue weighted by molar-refractivity contribution is 7.98. The number of aryl methyl sites for hydroxylation is 3. The Balaban J connectivity index is 1.94. The van der Waals surface area contributed by atoms with Crippen molar-refractivity contribution in [1.29, 1.82) is 0 Å². The van der Waals surface area contributed by atoms with Crippen LogP contribution in [0.25, 0.3) is 5.69 Å². The van der Waals surface area contributed by atoms with Crippen molar-refractivity contribution in [2.24, 2.45) is 0 Å². The van der Waals surface area contributed by atoms with Crippen LogP contribution < -0.4 is 5.32 Å². The Morgan fingerprint density at radius 1 is 1.18 bits per heavy atom. The first kappa shape index (κ1) is 19.8. The molecule has 3 aromatic rings. The lowest BCUT2D eigenvalue weighted by Crippen LogP contribution is -2.25. The van der Waals surface area contributed by atoms with E-state index in [1.807, 2.05) is 51.1 Å². The van der Waals surface area contributed by atoms with Gasteiger partial charge in [0.2, 0.25) is 0 Å². The van der Waals surface area contributed by atoms with Gasteiger partial charge in [0.05, 0.1) is 11.4 Å². The van der Waals surface area contributed by atoms with E-state index in [1.54, 1.807) is 10.8 Å². The first-order valence-corrected chi connectivity index (χ1v) is 9.82. The van der Waals surface area contributed by atoms with Crippen LogP contribution in [-0.4, -0.2) is 37.4 Å². The first-order chi connectivity index (χ1) is 13.5. The van der Waals surface area contributed by atoms with Crippen molar-refractivity contribution in [2.75, 3.05) is 6.54 Å². The number of thioether (sulfide) groups is 1. The third-order valence-corrected chi connectivity index (χ3v) is 4.82. The van der Waals surface area contributed by atoms with Gasteiger partial charge < -0.3 is 5.32 Å². The number of aromatic nitrogens is 5. The van der Waals surface area contributed by atoms with Crippen LogP contribution in [-0.2, 0) is 5.75 Å². The number of hydrogen-bond donors (Lipinski definition) is 1. The molecule has 0 saturated carbocycles. The number of rotatable bonds is 7. The third-order valence-electron chi connectivity index (χ3n) is 3.96. The average Bonchev–Trinajstić information content (AvgIpc) is 3.08. The fraction of sp³-hybridized carbons (Fsp3) is 0.250. The monoisotopic (exact) mass is 394 g/mol. The lowest BCUT2D eigenvalue weighted by Gasteiger charge is -2.09. The predicted octanol–water partition coefficient (Wildman–Crippen LogP) is 3.19. The number of benzene rings is 1. The molecule has 0 aliphatic rings. The number of amides is 1. The molecule has 2 heterocycles. The van der Waals surface area contributed by atoms with Gasteiger partial charge in [-0.25, -0.2) is 14.6 Å². The number of nitrogens with one attached hydrogen (secondary N) is 1. The van der Waals surface area contributed by atoms with Crippen LogP contribution in [0.3, 0.4) is 0 Å². The SMILES string of the molecule is C=CCNC(=O)c1nnn(-c2ccc(C)cc2)c1CSc1nc(C)cc(C)n1. The second-order valence-corrected chi connectivity index (χ2v) is 7.30. The zero-order valence-electron chi connectivity index (χ0n) is 16.1. The number of hydrogen-bond acceptors (Lipinski definition) is 6. The van der Waals surface area contributed by atoms with Gasteiger partial charge in [-0.2, -0.15) is 0 Å². The van der Waals surface area contributed by atoms with Crippen molar-refractivity contribution < 1.29 is 4.79 Å². The molecule has 2 aromatic heterocycles. The summed E-state index contributed by atoms with van der Waals surface area (Å²) in [4.78, 5) is 21.4. The molecule has 0 spiro atoms. The molecule has 1 N–H and O–H groups in total. The molecule has 3 rings (SSSR count). The maximum Gasteiger partial charge on any atom is 0.274 e. The van der Waals surface area contributed by atoms with E-state index in [1.165, 1.54) is 11.8 Å². The zero-order chi connectivity index (χ0) is 20.1. The molecule has 0 aliphatic heterocycles. The summed E-state index contributed by atoms with van der Waals surface area (Å²) in [6, 6.07) is 9.83. The number of nitrogens with zero attached hydrogens (tertiary/aromatic N) is 5. The normalized spacial score (nSPS) is 10.7. The molecule has 8 heteroatoms. The standard InChI is InChI=1S/C20H22N6OS/c1-5-10-21-19(27)18-17(12-28-20-22-14(3)11-15(4)23-20)26(25-24-18)16-8-6-13(2)7-9-16/h5-9,11H,1,10,12H2,2-4H3,(H,21,27). The molecular weight excluding hydrogens is 372 g/mol. The van der Waals surface area contributed by atoms with E-state index in [4.69, 9.17) is 0 Å². The molecule has 0 radical (unpaired) electrons. The summed E-state index contributed by atoms with van der Waals surface area (Å²) >= 11 is 1.45. The molecule has 144 valence electrons. The number of carbonyl (C=O) groups is 1. The molecule has 28 heavy (non-hydrogen) atoms. The van der Waals surface area contributed by atoms with Crippen molar-refractivity contribution in [3.8, 4) is 5.69 Å². The Morgan fingerprint density at radius 3 is 2.50 bits per heavy atom. The lowest BCUT2D eigenvalue weighted by atomic mass is 10.2. The topological polar surface area (TPSA) is 85.6 Å². The molecular formula is C20H22N6OS. The highest BCUT2D eigenvalue weighted by Crippen LogP contribution is 2.23. The van der Waals surface area contributed by atoms with Gasteiger partial charge in [-0.1, -0.05) is 40.7 Å². The molecule has 7 nitrogen and oxygen atoms in total. The van der Waals surface area contributed by atoms with Crippen LogP contribution in [0.1, 0.15) is 33.1 Å². The first-order valence-electron chi connectivity index (χ1n) is 8.83. The van der Waals surface area contributed by atoms with E-state index in [0.717, 1.165) is 22.6 Å². The molecule has 0 bridgehead atoms. The van der Waals surface area contributed by atoms with E-state index >= 15 is 0 Å². The minimum absolute atomic E-state index is 0.282. The van der Waals surface area contributed by atoms with Crippen molar-refractivity contribution in [2.45, 2.75) is 31.7 Å². The summed E-state index contributed by atoms with van der Waals surface area (Å²) in [5.41, 5.74) is 4.79. The fourth-order valence-electron chi connectivity index (χ4n) is 2.64. The summed E-state index contributed by atoms with van der Waals surface area (Å²) in [7, 11) is 0. The van der Waals surface area contributed by atoms with Crippen molar-refractivity contribution in [3.63, 3.8) is 0 Å². The third kappa shape index (κ3) is 4.64. The Kier molecular flexibility index (Phi) is 6.20. The second kappa shape index (κ2) is 8.79. The van der Waals surface area contributed by atoms with Crippen molar-refractivity contribution in [3.05, 3.63) is 71.3 Å². The highest BCUT2D eigenvalue weighted by Gasteiger charge is 2.21. The van der Waals surface area contributed by atoms with Crippen LogP contribution in [0, 0.1) is 20.8 Å². The van der Waals surface area contributed by atoms with Gasteiger partial charge in [-0.15, -0.1) is 11.7 Å². The predicted molar refractivity (Wildman–Crippen MR) is 110 cm³/mol. The van der Waals surface area contributed by atoms with Gasteiger partial charge in [0.1, 0.15) is 0 Å². The van der Waals surface area contributed by atoms with Crippen LogP contribution in [0.15, 0.2) is 48.1 Å². The van der Waals surface area contributed by atoms with Gasteiger partial charge in [0.15, 0.2) is 10.9 Å². The molecule has 0 saturated heterocycles. The van der Waals surface area contributed by atoms with E-state index in [2.05, 4.69) is 32.2 Å². The van der Waals surface area contributed by atoms with Gasteiger partial charge in [0.25, 0.3) is 5.91 Å². The minimum atomic E-state index is -0.282. The lowest BCUT2D eigenvalue weighted by molar-refractivity contribution is 0.0952. The summed E-state index contributed by atoms with van der Waals surface area (Å²) in [5, 5.41) is 11.8. The van der Waals surface area contributed by atoms with Crippen LogP contribution in [0.5, 0.6) is 0 Å². The number of carbonyl (C=O) groups excluding carboxylic acids is 1. The van der Waals surface area contributed by atoms with E-state index in [9.17, 15) is 4.79 Å². The Labute approximate surface area is 168 Å². The Bertz CT molecular complexity index is 976. The molecule has 0 atom stereocenters. The van der Waals surface area contributed by atoms with Crippen molar-refractivity contribution >= 4 is 17.7 Å².